The Morgan fingerprint density at radius 3 is 2.85 bits per heavy atom. The summed E-state index contributed by atoms with van der Waals surface area (Å²) in [5.41, 5.74) is 0.532. The smallest absolute Gasteiger partial charge is 0.265 e. The Kier molecular flexibility index (Phi) is 5.30. The average Bonchev–Trinajstić information content (AvgIpc) is 2.60. The summed E-state index contributed by atoms with van der Waals surface area (Å²) in [5.74, 6) is 0.318. The van der Waals surface area contributed by atoms with Gasteiger partial charge in [0, 0.05) is 29.6 Å². The highest BCUT2D eigenvalue weighted by atomic mass is 79.9. The van der Waals surface area contributed by atoms with Crippen molar-refractivity contribution < 1.29 is 19.1 Å². The predicted octanol–water partition coefficient (Wildman–Crippen LogP) is 2.84. The number of likely N-dealkylation sites (N-methyl/N-ethyl adjacent to an activating group) is 1. The van der Waals surface area contributed by atoms with Crippen LogP contribution in [-0.2, 0) is 14.3 Å². The topological polar surface area (TPSA) is 59.1 Å². The third-order valence-electron chi connectivity index (χ3n) is 5.51. The van der Waals surface area contributed by atoms with Crippen LogP contribution in [0.2, 0.25) is 0 Å². The van der Waals surface area contributed by atoms with Crippen molar-refractivity contribution in [2.45, 2.75) is 39.3 Å². The first-order valence-corrected chi connectivity index (χ1v) is 9.65. The van der Waals surface area contributed by atoms with E-state index in [1.54, 1.807) is 11.0 Å². The lowest BCUT2D eigenvalue weighted by Crippen LogP contribution is -2.63. The number of hydrogen-bond acceptors (Lipinski definition) is 4. The van der Waals surface area contributed by atoms with Crippen LogP contribution in [0.25, 0.3) is 0 Å². The summed E-state index contributed by atoms with van der Waals surface area (Å²) < 4.78 is 12.1. The number of hydrogen-bond donors (Lipinski definition) is 0. The molecule has 3 rings (SSSR count). The van der Waals surface area contributed by atoms with Gasteiger partial charge in [-0.05, 0) is 31.5 Å². The van der Waals surface area contributed by atoms with Crippen molar-refractivity contribution >= 4 is 33.4 Å². The summed E-state index contributed by atoms with van der Waals surface area (Å²) in [7, 11) is 1.81. The Morgan fingerprint density at radius 2 is 2.19 bits per heavy atom. The van der Waals surface area contributed by atoms with Crippen molar-refractivity contribution in [2.75, 3.05) is 31.7 Å². The zero-order valence-corrected chi connectivity index (χ0v) is 17.2. The van der Waals surface area contributed by atoms with Crippen molar-refractivity contribution in [1.82, 2.24) is 4.90 Å². The predicted molar refractivity (Wildman–Crippen MR) is 102 cm³/mol. The fourth-order valence-electron chi connectivity index (χ4n) is 3.78. The minimum Gasteiger partial charge on any atom is -0.482 e. The summed E-state index contributed by atoms with van der Waals surface area (Å²) in [5, 5.41) is 0. The molecule has 6 nitrogen and oxygen atoms in total. The second kappa shape index (κ2) is 7.19. The van der Waals surface area contributed by atoms with E-state index >= 15 is 0 Å². The molecule has 0 aromatic heterocycles. The molecule has 26 heavy (non-hydrogen) atoms. The van der Waals surface area contributed by atoms with Crippen molar-refractivity contribution in [3.05, 3.63) is 22.7 Å². The van der Waals surface area contributed by atoms with Gasteiger partial charge in [-0.3, -0.25) is 14.5 Å². The molecule has 7 heteroatoms. The van der Waals surface area contributed by atoms with Gasteiger partial charge in [-0.1, -0.05) is 29.8 Å². The molecule has 2 aliphatic rings. The second-order valence-electron chi connectivity index (χ2n) is 7.40. The lowest BCUT2D eigenvalue weighted by Gasteiger charge is -2.55. The molecule has 0 spiro atoms. The molecule has 0 radical (unpaired) electrons. The first-order valence-electron chi connectivity index (χ1n) is 8.85. The van der Waals surface area contributed by atoms with Gasteiger partial charge < -0.3 is 14.4 Å². The van der Waals surface area contributed by atoms with E-state index in [4.69, 9.17) is 9.47 Å². The average molecular weight is 425 g/mol. The van der Waals surface area contributed by atoms with E-state index in [1.165, 1.54) is 4.90 Å². The summed E-state index contributed by atoms with van der Waals surface area (Å²) >= 11 is 3.40. The quantitative estimate of drug-likeness (QED) is 0.728. The summed E-state index contributed by atoms with van der Waals surface area (Å²) in [6, 6.07) is 5.54. The molecule has 1 heterocycles. The maximum absolute atomic E-state index is 12.9. The number of fused-ring (bicyclic) bond motifs is 1. The van der Waals surface area contributed by atoms with Gasteiger partial charge in [0.05, 0.1) is 11.8 Å². The van der Waals surface area contributed by atoms with Crippen LogP contribution in [0, 0.1) is 5.41 Å². The van der Waals surface area contributed by atoms with E-state index in [1.807, 2.05) is 26.1 Å². The fourth-order valence-corrected chi connectivity index (χ4v) is 4.12. The third-order valence-corrected chi connectivity index (χ3v) is 6.01. The maximum Gasteiger partial charge on any atom is 0.265 e. The molecule has 1 fully saturated rings. The van der Waals surface area contributed by atoms with Crippen LogP contribution >= 0.6 is 15.9 Å². The number of anilines is 1. The van der Waals surface area contributed by atoms with Crippen LogP contribution in [0.1, 0.15) is 27.2 Å². The lowest BCUT2D eigenvalue weighted by atomic mass is 9.64. The van der Waals surface area contributed by atoms with Crippen LogP contribution in [0.5, 0.6) is 5.75 Å². The largest absolute Gasteiger partial charge is 0.482 e. The zero-order valence-electron chi connectivity index (χ0n) is 15.6. The van der Waals surface area contributed by atoms with Crippen LogP contribution in [-0.4, -0.2) is 55.7 Å². The molecule has 142 valence electrons. The number of benzene rings is 1. The summed E-state index contributed by atoms with van der Waals surface area (Å²) in [6.45, 7) is 6.86. The van der Waals surface area contributed by atoms with Crippen molar-refractivity contribution in [1.29, 1.82) is 0 Å². The van der Waals surface area contributed by atoms with Crippen LogP contribution < -0.4 is 9.64 Å². The minimum absolute atomic E-state index is 0.0131. The number of carbonyl (C=O) groups is 2. The Labute approximate surface area is 162 Å². The van der Waals surface area contributed by atoms with Gasteiger partial charge in [0.1, 0.15) is 12.3 Å². The van der Waals surface area contributed by atoms with Crippen molar-refractivity contribution in [3.8, 4) is 5.75 Å². The van der Waals surface area contributed by atoms with Crippen molar-refractivity contribution in [2.24, 2.45) is 5.41 Å². The third kappa shape index (κ3) is 3.34. The molecule has 2 atom stereocenters. The molecule has 0 N–H and O–H groups in total. The van der Waals surface area contributed by atoms with Gasteiger partial charge in [-0.2, -0.15) is 0 Å². The van der Waals surface area contributed by atoms with E-state index in [-0.39, 0.29) is 42.5 Å². The molecule has 1 aromatic rings. The standard InChI is InChI=1S/C19H25BrN2O4/c1-5-25-16-9-15(19(16,2)3)21(4)17(23)10-22-13-7-6-12(20)8-14(13)26-11-18(22)24/h6-8,15-16H,5,9-11H2,1-4H3. The van der Waals surface area contributed by atoms with Crippen molar-refractivity contribution in [3.63, 3.8) is 0 Å². The van der Waals surface area contributed by atoms with E-state index < -0.39 is 0 Å². The van der Waals surface area contributed by atoms with E-state index in [0.717, 1.165) is 10.9 Å². The number of ether oxygens (including phenoxy) is 2. The SMILES string of the molecule is CCOC1CC(N(C)C(=O)CN2C(=O)COc3cc(Br)ccc32)C1(C)C. The highest BCUT2D eigenvalue weighted by molar-refractivity contribution is 9.10. The molecule has 2 unspecified atom stereocenters. The molecular weight excluding hydrogens is 400 g/mol. The molecule has 1 aromatic carbocycles. The molecule has 0 bridgehead atoms. The fraction of sp³-hybridized carbons (Fsp3) is 0.579. The van der Waals surface area contributed by atoms with Gasteiger partial charge in [-0.25, -0.2) is 0 Å². The number of rotatable bonds is 5. The van der Waals surface area contributed by atoms with E-state index in [9.17, 15) is 9.59 Å². The summed E-state index contributed by atoms with van der Waals surface area (Å²) in [4.78, 5) is 28.4. The lowest BCUT2D eigenvalue weighted by molar-refractivity contribution is -0.162. The second-order valence-corrected chi connectivity index (χ2v) is 8.32. The van der Waals surface area contributed by atoms with Gasteiger partial charge in [0.15, 0.2) is 6.61 Å². The van der Waals surface area contributed by atoms with E-state index in [0.29, 0.717) is 18.0 Å². The van der Waals surface area contributed by atoms with Crippen LogP contribution in [0.4, 0.5) is 5.69 Å². The van der Waals surface area contributed by atoms with Crippen LogP contribution in [0.15, 0.2) is 22.7 Å². The number of nitrogens with zero attached hydrogens (tertiary/aromatic N) is 2. The first-order chi connectivity index (χ1) is 12.3. The molecule has 1 aliphatic heterocycles. The Balaban J connectivity index is 1.71. The molecular formula is C19H25BrN2O4. The van der Waals surface area contributed by atoms with Gasteiger partial charge in [0.2, 0.25) is 5.91 Å². The van der Waals surface area contributed by atoms with Gasteiger partial charge in [-0.15, -0.1) is 0 Å². The minimum atomic E-state index is -0.207. The monoisotopic (exact) mass is 424 g/mol. The van der Waals surface area contributed by atoms with Gasteiger partial charge >= 0.3 is 0 Å². The molecule has 1 aliphatic carbocycles. The Morgan fingerprint density at radius 1 is 1.46 bits per heavy atom. The number of halogens is 1. The van der Waals surface area contributed by atoms with Gasteiger partial charge in [0.25, 0.3) is 5.91 Å². The highest BCUT2D eigenvalue weighted by Crippen LogP contribution is 2.45. The molecule has 0 saturated heterocycles. The molecule has 2 amide bonds. The Hall–Kier alpha value is -1.60. The zero-order chi connectivity index (χ0) is 19.1. The normalized spacial score (nSPS) is 23.7. The maximum atomic E-state index is 12.9. The molecule has 1 saturated carbocycles. The van der Waals surface area contributed by atoms with Crippen LogP contribution in [0.3, 0.4) is 0 Å². The first kappa shape index (κ1) is 19.2. The highest BCUT2D eigenvalue weighted by Gasteiger charge is 2.51. The Bertz CT molecular complexity index is 721. The number of carbonyl (C=O) groups excluding carboxylic acids is 2. The number of amides is 2. The van der Waals surface area contributed by atoms with E-state index in [2.05, 4.69) is 29.8 Å². The summed E-state index contributed by atoms with van der Waals surface area (Å²) in [6.07, 6.45) is 0.986.